The van der Waals surface area contributed by atoms with Crippen molar-refractivity contribution in [1.29, 1.82) is 0 Å². The smallest absolute Gasteiger partial charge is 0.332 e. The topological polar surface area (TPSA) is 74.6 Å². The second-order valence-corrected chi connectivity index (χ2v) is 5.79. The van der Waals surface area contributed by atoms with E-state index in [0.29, 0.717) is 0 Å². The Labute approximate surface area is 117 Å². The molecule has 0 amide bonds. The van der Waals surface area contributed by atoms with E-state index in [0.717, 1.165) is 14.6 Å². The maximum absolute atomic E-state index is 10.9. The fourth-order valence-corrected chi connectivity index (χ4v) is 3.31. The van der Waals surface area contributed by atoms with Crippen LogP contribution in [0.4, 0.5) is 0 Å². The van der Waals surface area contributed by atoms with Crippen LogP contribution in [0.25, 0.3) is 15.8 Å². The van der Waals surface area contributed by atoms with E-state index < -0.39 is 18.4 Å². The molecule has 0 aliphatic heterocycles. The number of aliphatic carboxylic acids is 2. The zero-order chi connectivity index (χ0) is 13.8. The summed E-state index contributed by atoms with van der Waals surface area (Å²) in [6, 6.07) is 7.63. The molecule has 2 heterocycles. The van der Waals surface area contributed by atoms with Gasteiger partial charge in [0.15, 0.2) is 0 Å². The Bertz CT molecular complexity index is 623. The molecule has 19 heavy (non-hydrogen) atoms. The highest BCUT2D eigenvalue weighted by Gasteiger charge is 2.12. The zero-order valence-corrected chi connectivity index (χ0v) is 11.3. The minimum atomic E-state index is -1.20. The summed E-state index contributed by atoms with van der Waals surface area (Å²) in [7, 11) is 0. The van der Waals surface area contributed by atoms with Crippen LogP contribution in [0.2, 0.25) is 0 Å². The van der Waals surface area contributed by atoms with Crippen molar-refractivity contribution in [2.24, 2.45) is 0 Å². The summed E-state index contributed by atoms with van der Waals surface area (Å²) in [4.78, 5) is 24.4. The molecule has 0 fully saturated rings. The van der Waals surface area contributed by atoms with Crippen LogP contribution < -0.4 is 0 Å². The number of rotatable bonds is 5. The van der Waals surface area contributed by atoms with Gasteiger partial charge in [-0.1, -0.05) is 6.07 Å². The van der Waals surface area contributed by atoms with Crippen LogP contribution in [-0.2, 0) is 9.59 Å². The van der Waals surface area contributed by atoms with Crippen molar-refractivity contribution in [2.45, 2.75) is 6.42 Å². The number of carboxylic acid groups (broad SMARTS) is 2. The van der Waals surface area contributed by atoms with Gasteiger partial charge in [0.05, 0.1) is 6.42 Å². The summed E-state index contributed by atoms with van der Waals surface area (Å²) < 4.78 is 0. The summed E-state index contributed by atoms with van der Waals surface area (Å²) in [5.74, 6) is -2.35. The van der Waals surface area contributed by atoms with Crippen LogP contribution in [0, 0.1) is 0 Å². The molecule has 0 aliphatic carbocycles. The van der Waals surface area contributed by atoms with E-state index in [1.54, 1.807) is 17.4 Å². The SMILES string of the molecule is O=C(O)C/C(=C/c1ccc(-c2cccs2)s1)C(=O)O. The molecule has 0 saturated heterocycles. The van der Waals surface area contributed by atoms with E-state index >= 15 is 0 Å². The molecule has 0 spiro atoms. The molecule has 0 radical (unpaired) electrons. The second-order valence-electron chi connectivity index (χ2n) is 3.72. The van der Waals surface area contributed by atoms with Crippen LogP contribution in [-0.4, -0.2) is 22.2 Å². The van der Waals surface area contributed by atoms with E-state index in [4.69, 9.17) is 10.2 Å². The van der Waals surface area contributed by atoms with Crippen molar-refractivity contribution < 1.29 is 19.8 Å². The van der Waals surface area contributed by atoms with Crippen molar-refractivity contribution in [3.05, 3.63) is 40.1 Å². The van der Waals surface area contributed by atoms with Crippen molar-refractivity contribution in [1.82, 2.24) is 0 Å². The molecule has 98 valence electrons. The minimum absolute atomic E-state index is 0.118. The number of carbonyl (C=O) groups is 2. The number of hydrogen-bond acceptors (Lipinski definition) is 4. The molecule has 2 rings (SSSR count). The first kappa shape index (κ1) is 13.5. The van der Waals surface area contributed by atoms with Crippen molar-refractivity contribution >= 4 is 40.7 Å². The lowest BCUT2D eigenvalue weighted by molar-refractivity contribution is -0.139. The predicted octanol–water partition coefficient (Wildman–Crippen LogP) is 3.42. The largest absolute Gasteiger partial charge is 0.481 e. The normalized spacial score (nSPS) is 11.5. The molecule has 0 bridgehead atoms. The molecule has 2 N–H and O–H groups in total. The second kappa shape index (κ2) is 5.81. The van der Waals surface area contributed by atoms with Gasteiger partial charge >= 0.3 is 11.9 Å². The Morgan fingerprint density at radius 3 is 2.53 bits per heavy atom. The molecule has 6 heteroatoms. The predicted molar refractivity (Wildman–Crippen MR) is 75.5 cm³/mol. The van der Waals surface area contributed by atoms with Gasteiger partial charge < -0.3 is 10.2 Å². The first-order chi connectivity index (χ1) is 9.06. The number of thiophene rings is 2. The van der Waals surface area contributed by atoms with Gasteiger partial charge in [-0.3, -0.25) is 4.79 Å². The van der Waals surface area contributed by atoms with Crippen LogP contribution in [0.5, 0.6) is 0 Å². The van der Waals surface area contributed by atoms with Gasteiger partial charge in [-0.25, -0.2) is 4.79 Å². The monoisotopic (exact) mass is 294 g/mol. The first-order valence-corrected chi connectivity index (χ1v) is 7.05. The average Bonchev–Trinajstić information content (AvgIpc) is 2.97. The molecular formula is C13H10O4S2. The lowest BCUT2D eigenvalue weighted by Crippen LogP contribution is -2.06. The fraction of sp³-hybridized carbons (Fsp3) is 0.0769. The fourth-order valence-electron chi connectivity index (χ4n) is 1.50. The standard InChI is InChI=1S/C13H10O4S2/c14-12(15)7-8(13(16)17)6-9-3-4-11(19-9)10-2-1-5-18-10/h1-6H,7H2,(H,14,15)(H,16,17)/b8-6-. The third-order valence-electron chi connectivity index (χ3n) is 2.32. The Morgan fingerprint density at radius 1 is 1.16 bits per heavy atom. The van der Waals surface area contributed by atoms with Crippen molar-refractivity contribution in [3.8, 4) is 9.75 Å². The quantitative estimate of drug-likeness (QED) is 0.829. The Kier molecular flexibility index (Phi) is 4.13. The molecule has 2 aromatic heterocycles. The van der Waals surface area contributed by atoms with Gasteiger partial charge in [-0.05, 0) is 29.7 Å². The van der Waals surface area contributed by atoms with E-state index in [2.05, 4.69) is 0 Å². The zero-order valence-electron chi connectivity index (χ0n) is 9.70. The van der Waals surface area contributed by atoms with E-state index in [-0.39, 0.29) is 5.57 Å². The first-order valence-electron chi connectivity index (χ1n) is 5.35. The molecule has 0 aliphatic rings. The number of carboxylic acids is 2. The van der Waals surface area contributed by atoms with Gasteiger partial charge in [-0.2, -0.15) is 0 Å². The van der Waals surface area contributed by atoms with Crippen LogP contribution in [0.15, 0.2) is 35.2 Å². The van der Waals surface area contributed by atoms with Crippen LogP contribution >= 0.6 is 22.7 Å². The van der Waals surface area contributed by atoms with Gasteiger partial charge in [0.25, 0.3) is 0 Å². The molecule has 4 nitrogen and oxygen atoms in total. The van der Waals surface area contributed by atoms with Crippen molar-refractivity contribution in [2.75, 3.05) is 0 Å². The minimum Gasteiger partial charge on any atom is -0.481 e. The summed E-state index contributed by atoms with van der Waals surface area (Å²) in [5, 5.41) is 19.6. The highest BCUT2D eigenvalue weighted by molar-refractivity contribution is 7.21. The van der Waals surface area contributed by atoms with Gasteiger partial charge in [0, 0.05) is 20.2 Å². The average molecular weight is 294 g/mol. The summed E-state index contributed by atoms with van der Waals surface area (Å²) in [6.07, 6.45) is 0.930. The van der Waals surface area contributed by atoms with Crippen LogP contribution in [0.3, 0.4) is 0 Å². The molecule has 0 unspecified atom stereocenters. The van der Waals surface area contributed by atoms with Gasteiger partial charge in [0.1, 0.15) is 0 Å². The third-order valence-corrected chi connectivity index (χ3v) is 4.42. The highest BCUT2D eigenvalue weighted by Crippen LogP contribution is 2.32. The summed E-state index contributed by atoms with van der Waals surface area (Å²) >= 11 is 3.05. The molecule has 0 atom stereocenters. The Morgan fingerprint density at radius 2 is 1.95 bits per heavy atom. The molecule has 0 saturated carbocycles. The summed E-state index contributed by atoms with van der Waals surface area (Å²) in [6.45, 7) is 0. The van der Waals surface area contributed by atoms with Crippen LogP contribution in [0.1, 0.15) is 11.3 Å². The Balaban J connectivity index is 2.26. The molecule has 0 aromatic carbocycles. The summed E-state index contributed by atoms with van der Waals surface area (Å²) in [5.41, 5.74) is -0.118. The molecule has 2 aromatic rings. The van der Waals surface area contributed by atoms with Gasteiger partial charge in [-0.15, -0.1) is 22.7 Å². The third kappa shape index (κ3) is 3.52. The lowest BCUT2D eigenvalue weighted by Gasteiger charge is -1.96. The Hall–Kier alpha value is -1.92. The molecular weight excluding hydrogens is 284 g/mol. The highest BCUT2D eigenvalue weighted by atomic mass is 32.1. The van der Waals surface area contributed by atoms with E-state index in [9.17, 15) is 9.59 Å². The number of hydrogen-bond donors (Lipinski definition) is 2. The van der Waals surface area contributed by atoms with Gasteiger partial charge in [0.2, 0.25) is 0 Å². The van der Waals surface area contributed by atoms with E-state index in [1.165, 1.54) is 17.4 Å². The van der Waals surface area contributed by atoms with Crippen molar-refractivity contribution in [3.63, 3.8) is 0 Å². The van der Waals surface area contributed by atoms with E-state index in [1.807, 2.05) is 23.6 Å². The lowest BCUT2D eigenvalue weighted by atomic mass is 10.1. The maximum Gasteiger partial charge on any atom is 0.332 e. The maximum atomic E-state index is 10.9.